The molecule has 5 nitrogen and oxygen atoms in total. The number of esters is 1. The molecule has 0 unspecified atom stereocenters. The fourth-order valence-corrected chi connectivity index (χ4v) is 2.50. The smallest absolute Gasteiger partial charge is 0.310 e. The van der Waals surface area contributed by atoms with E-state index in [9.17, 15) is 9.18 Å². The lowest BCUT2D eigenvalue weighted by Crippen LogP contribution is -2.08. The number of hydrogen-bond donors (Lipinski definition) is 0. The predicted molar refractivity (Wildman–Crippen MR) is 89.2 cm³/mol. The molecule has 0 saturated heterocycles. The Hall–Kier alpha value is -3.02. The minimum Gasteiger partial charge on any atom is -0.497 e. The van der Waals surface area contributed by atoms with E-state index < -0.39 is 11.8 Å². The fraction of sp³-hybridized carbons (Fsp3) is 0.211. The first-order valence-electron chi connectivity index (χ1n) is 7.63. The van der Waals surface area contributed by atoms with E-state index in [1.165, 1.54) is 25.5 Å². The third kappa shape index (κ3) is 3.74. The van der Waals surface area contributed by atoms with Crippen molar-refractivity contribution in [1.82, 2.24) is 0 Å². The van der Waals surface area contributed by atoms with Crippen molar-refractivity contribution in [3.63, 3.8) is 0 Å². The van der Waals surface area contributed by atoms with Crippen LogP contribution in [0.2, 0.25) is 0 Å². The highest BCUT2D eigenvalue weighted by atomic mass is 19.1. The van der Waals surface area contributed by atoms with Gasteiger partial charge in [-0.15, -0.1) is 0 Å². The Morgan fingerprint density at radius 2 is 1.96 bits per heavy atom. The maximum Gasteiger partial charge on any atom is 0.310 e. The Morgan fingerprint density at radius 1 is 1.12 bits per heavy atom. The Kier molecular flexibility index (Phi) is 4.88. The molecule has 0 radical (unpaired) electrons. The molecule has 0 fully saturated rings. The molecule has 6 heteroatoms. The van der Waals surface area contributed by atoms with Crippen LogP contribution in [0.15, 0.2) is 47.1 Å². The van der Waals surface area contributed by atoms with Crippen LogP contribution < -0.4 is 9.47 Å². The van der Waals surface area contributed by atoms with Crippen molar-refractivity contribution in [2.45, 2.75) is 13.0 Å². The van der Waals surface area contributed by atoms with Gasteiger partial charge in [-0.2, -0.15) is 0 Å². The highest BCUT2D eigenvalue weighted by molar-refractivity contribution is 5.86. The lowest BCUT2D eigenvalue weighted by atomic mass is 10.1. The summed E-state index contributed by atoms with van der Waals surface area (Å²) < 4.78 is 34.3. The van der Waals surface area contributed by atoms with Crippen LogP contribution in [0.5, 0.6) is 11.5 Å². The van der Waals surface area contributed by atoms with Crippen LogP contribution in [-0.4, -0.2) is 20.2 Å². The first kappa shape index (κ1) is 16.8. The van der Waals surface area contributed by atoms with Crippen molar-refractivity contribution in [1.29, 1.82) is 0 Å². The molecule has 0 bridgehead atoms. The number of ether oxygens (including phenoxy) is 3. The molecule has 0 atom stereocenters. The number of benzene rings is 2. The lowest BCUT2D eigenvalue weighted by molar-refractivity contribution is -0.144. The van der Waals surface area contributed by atoms with Crippen LogP contribution >= 0.6 is 0 Å². The molecule has 1 aromatic heterocycles. The minimum atomic E-state index is -0.495. The van der Waals surface area contributed by atoms with Gasteiger partial charge < -0.3 is 18.6 Å². The summed E-state index contributed by atoms with van der Waals surface area (Å²) in [6.07, 6.45) is 1.59. The predicted octanol–water partition coefficient (Wildman–Crippen LogP) is 3.88. The molecule has 0 N–H and O–H groups in total. The van der Waals surface area contributed by atoms with Gasteiger partial charge >= 0.3 is 5.97 Å². The van der Waals surface area contributed by atoms with Gasteiger partial charge in [0.2, 0.25) is 0 Å². The number of halogens is 1. The standard InChI is InChI=1S/C19H17FO5/c1-22-14-4-5-15-13(11-24-18(15)9-14)8-19(21)25-10-12-3-6-17(23-2)16(20)7-12/h3-7,9,11H,8,10H2,1-2H3. The summed E-state index contributed by atoms with van der Waals surface area (Å²) in [5.41, 5.74) is 1.91. The van der Waals surface area contributed by atoms with E-state index >= 15 is 0 Å². The van der Waals surface area contributed by atoms with Crippen molar-refractivity contribution in [3.05, 3.63) is 59.6 Å². The zero-order valence-electron chi connectivity index (χ0n) is 13.9. The second-order valence-corrected chi connectivity index (χ2v) is 5.43. The molecule has 0 aliphatic heterocycles. The van der Waals surface area contributed by atoms with E-state index in [1.807, 2.05) is 6.07 Å². The van der Waals surface area contributed by atoms with Gasteiger partial charge in [0.1, 0.15) is 17.9 Å². The van der Waals surface area contributed by atoms with Gasteiger partial charge in [-0.3, -0.25) is 4.79 Å². The summed E-state index contributed by atoms with van der Waals surface area (Å²) >= 11 is 0. The number of carbonyl (C=O) groups excluding carboxylic acids is 1. The number of furan rings is 1. The monoisotopic (exact) mass is 344 g/mol. The zero-order chi connectivity index (χ0) is 17.8. The van der Waals surface area contributed by atoms with Crippen LogP contribution in [0.1, 0.15) is 11.1 Å². The van der Waals surface area contributed by atoms with Crippen molar-refractivity contribution >= 4 is 16.9 Å². The first-order valence-corrected chi connectivity index (χ1v) is 7.63. The van der Waals surface area contributed by atoms with Crippen LogP contribution in [0.25, 0.3) is 11.0 Å². The molecule has 0 spiro atoms. The van der Waals surface area contributed by atoms with Gasteiger partial charge in [0, 0.05) is 17.0 Å². The normalized spacial score (nSPS) is 10.7. The van der Waals surface area contributed by atoms with E-state index in [-0.39, 0.29) is 18.8 Å². The Bertz CT molecular complexity index is 900. The fourth-order valence-electron chi connectivity index (χ4n) is 2.50. The van der Waals surface area contributed by atoms with E-state index in [2.05, 4.69) is 0 Å². The first-order chi connectivity index (χ1) is 12.1. The highest BCUT2D eigenvalue weighted by Crippen LogP contribution is 2.26. The molecule has 25 heavy (non-hydrogen) atoms. The average molecular weight is 344 g/mol. The topological polar surface area (TPSA) is 57.9 Å². The second-order valence-electron chi connectivity index (χ2n) is 5.43. The number of fused-ring (bicyclic) bond motifs is 1. The summed E-state index contributed by atoms with van der Waals surface area (Å²) in [4.78, 5) is 12.1. The van der Waals surface area contributed by atoms with Crippen LogP contribution in [0.4, 0.5) is 4.39 Å². The van der Waals surface area contributed by atoms with Crippen molar-refractivity contribution in [2.24, 2.45) is 0 Å². The van der Waals surface area contributed by atoms with E-state index in [1.54, 1.807) is 25.3 Å². The lowest BCUT2D eigenvalue weighted by Gasteiger charge is -2.07. The number of rotatable bonds is 6. The van der Waals surface area contributed by atoms with Crippen LogP contribution in [-0.2, 0) is 22.6 Å². The third-order valence-electron chi connectivity index (χ3n) is 3.81. The maximum absolute atomic E-state index is 13.6. The molecular formula is C19H17FO5. The maximum atomic E-state index is 13.6. The van der Waals surface area contributed by atoms with Gasteiger partial charge in [-0.05, 0) is 29.8 Å². The van der Waals surface area contributed by atoms with Crippen LogP contribution in [0, 0.1) is 5.82 Å². The van der Waals surface area contributed by atoms with Crippen LogP contribution in [0.3, 0.4) is 0 Å². The molecule has 3 rings (SSSR count). The number of methoxy groups -OCH3 is 2. The quantitative estimate of drug-likeness (QED) is 0.635. The SMILES string of the molecule is COc1ccc2c(CC(=O)OCc3ccc(OC)c(F)c3)coc2c1. The van der Waals surface area contributed by atoms with Gasteiger partial charge in [-0.1, -0.05) is 6.07 Å². The third-order valence-corrected chi connectivity index (χ3v) is 3.81. The average Bonchev–Trinajstić information content (AvgIpc) is 3.02. The van der Waals surface area contributed by atoms with Gasteiger partial charge in [-0.25, -0.2) is 4.39 Å². The summed E-state index contributed by atoms with van der Waals surface area (Å²) in [5, 5.41) is 0.827. The summed E-state index contributed by atoms with van der Waals surface area (Å²) in [6.45, 7) is -0.0106. The van der Waals surface area contributed by atoms with Gasteiger partial charge in [0.15, 0.2) is 11.6 Å². The molecule has 130 valence electrons. The molecular weight excluding hydrogens is 327 g/mol. The second kappa shape index (κ2) is 7.25. The molecule has 0 aliphatic rings. The van der Waals surface area contributed by atoms with Gasteiger partial charge in [0.25, 0.3) is 0 Å². The summed E-state index contributed by atoms with van der Waals surface area (Å²) in [7, 11) is 2.97. The molecule has 2 aromatic carbocycles. The zero-order valence-corrected chi connectivity index (χ0v) is 13.9. The minimum absolute atomic E-state index is 0.0106. The largest absolute Gasteiger partial charge is 0.497 e. The van der Waals surface area contributed by atoms with Crippen molar-refractivity contribution in [2.75, 3.05) is 14.2 Å². The number of hydrogen-bond acceptors (Lipinski definition) is 5. The Balaban J connectivity index is 1.64. The molecule has 1 heterocycles. The molecule has 0 saturated carbocycles. The highest BCUT2D eigenvalue weighted by Gasteiger charge is 2.13. The number of carbonyl (C=O) groups is 1. The summed E-state index contributed by atoms with van der Waals surface area (Å²) in [5.74, 6) is -0.0894. The van der Waals surface area contributed by atoms with Gasteiger partial charge in [0.05, 0.1) is 26.9 Å². The summed E-state index contributed by atoms with van der Waals surface area (Å²) in [6, 6.07) is 9.81. The Morgan fingerprint density at radius 3 is 2.68 bits per heavy atom. The molecule has 3 aromatic rings. The van der Waals surface area contributed by atoms with E-state index in [0.29, 0.717) is 16.9 Å². The van der Waals surface area contributed by atoms with E-state index in [4.69, 9.17) is 18.6 Å². The van der Waals surface area contributed by atoms with Crippen molar-refractivity contribution < 1.29 is 27.8 Å². The van der Waals surface area contributed by atoms with E-state index in [0.717, 1.165) is 10.9 Å². The Labute approximate surface area is 143 Å². The molecule has 0 amide bonds. The van der Waals surface area contributed by atoms with Crippen molar-refractivity contribution in [3.8, 4) is 11.5 Å². The molecule has 0 aliphatic carbocycles.